The van der Waals surface area contributed by atoms with Crippen molar-refractivity contribution < 1.29 is 4.42 Å². The summed E-state index contributed by atoms with van der Waals surface area (Å²) in [6.45, 7) is 2.36. The van der Waals surface area contributed by atoms with E-state index in [1.54, 1.807) is 0 Å². The lowest BCUT2D eigenvalue weighted by atomic mass is 9.92. The van der Waals surface area contributed by atoms with Crippen molar-refractivity contribution in [1.82, 2.24) is 4.90 Å². The summed E-state index contributed by atoms with van der Waals surface area (Å²) in [7, 11) is 2.21. The van der Waals surface area contributed by atoms with E-state index in [0.29, 0.717) is 5.92 Å². The first-order valence-corrected chi connectivity index (χ1v) is 8.71. The van der Waals surface area contributed by atoms with E-state index in [2.05, 4.69) is 42.3 Å². The molecule has 1 aromatic heterocycles. The Kier molecular flexibility index (Phi) is 3.79. The standard InChI is InChI=1S/C20H25NO/c1-21-11-9-16(10-12-21)20-14-18-13-17(7-8-19(18)22-20)15-5-3-2-4-6-15/h5,7-8,13-14,16H,2-4,6,9-12H2,1H3. The lowest BCUT2D eigenvalue weighted by Crippen LogP contribution is -2.29. The Bertz CT molecular complexity index is 689. The zero-order valence-electron chi connectivity index (χ0n) is 13.5. The second-order valence-corrected chi connectivity index (χ2v) is 6.95. The third kappa shape index (κ3) is 2.72. The number of nitrogens with zero attached hydrogens (tertiary/aromatic N) is 1. The van der Waals surface area contributed by atoms with E-state index in [1.165, 1.54) is 73.9 Å². The Hall–Kier alpha value is -1.54. The van der Waals surface area contributed by atoms with Gasteiger partial charge in [-0.25, -0.2) is 0 Å². The molecule has 0 radical (unpaired) electrons. The SMILES string of the molecule is CN1CCC(c2cc3cc(C4=CCCCC4)ccc3o2)CC1. The van der Waals surface area contributed by atoms with Crippen LogP contribution in [0.4, 0.5) is 0 Å². The van der Waals surface area contributed by atoms with Crippen LogP contribution in [0.2, 0.25) is 0 Å². The van der Waals surface area contributed by atoms with Crippen LogP contribution in [0.1, 0.15) is 55.8 Å². The van der Waals surface area contributed by atoms with Crippen molar-refractivity contribution in [3.05, 3.63) is 41.7 Å². The van der Waals surface area contributed by atoms with E-state index < -0.39 is 0 Å². The van der Waals surface area contributed by atoms with Gasteiger partial charge in [0.05, 0.1) is 0 Å². The van der Waals surface area contributed by atoms with E-state index >= 15 is 0 Å². The zero-order valence-corrected chi connectivity index (χ0v) is 13.5. The molecule has 2 heterocycles. The van der Waals surface area contributed by atoms with Crippen LogP contribution >= 0.6 is 0 Å². The number of rotatable bonds is 2. The van der Waals surface area contributed by atoms with Crippen molar-refractivity contribution >= 4 is 16.5 Å². The molecule has 1 aliphatic carbocycles. The van der Waals surface area contributed by atoms with Crippen LogP contribution in [0, 0.1) is 0 Å². The van der Waals surface area contributed by atoms with E-state index in [9.17, 15) is 0 Å². The Labute approximate surface area is 132 Å². The Morgan fingerprint density at radius 1 is 1.09 bits per heavy atom. The molecule has 2 aliphatic rings. The van der Waals surface area contributed by atoms with Crippen molar-refractivity contribution in [3.8, 4) is 0 Å². The molecule has 4 rings (SSSR count). The van der Waals surface area contributed by atoms with Crippen LogP contribution in [0.5, 0.6) is 0 Å². The smallest absolute Gasteiger partial charge is 0.134 e. The lowest BCUT2D eigenvalue weighted by molar-refractivity contribution is 0.242. The molecule has 0 N–H and O–H groups in total. The molecule has 0 unspecified atom stereocenters. The number of hydrogen-bond acceptors (Lipinski definition) is 2. The number of fused-ring (bicyclic) bond motifs is 1. The van der Waals surface area contributed by atoms with Gasteiger partial charge in [0.25, 0.3) is 0 Å². The first kappa shape index (κ1) is 14.1. The molecular weight excluding hydrogens is 270 g/mol. The number of piperidine rings is 1. The molecular formula is C20H25NO. The third-order valence-corrected chi connectivity index (χ3v) is 5.32. The Balaban J connectivity index is 1.62. The predicted molar refractivity (Wildman–Crippen MR) is 92.1 cm³/mol. The normalized spacial score (nSPS) is 21.2. The fourth-order valence-electron chi connectivity index (χ4n) is 3.86. The molecule has 22 heavy (non-hydrogen) atoms. The summed E-state index contributed by atoms with van der Waals surface area (Å²) in [6, 6.07) is 9.02. The second-order valence-electron chi connectivity index (χ2n) is 6.95. The molecule has 1 aromatic carbocycles. The van der Waals surface area contributed by atoms with Gasteiger partial charge >= 0.3 is 0 Å². The van der Waals surface area contributed by atoms with Crippen molar-refractivity contribution in [2.75, 3.05) is 20.1 Å². The van der Waals surface area contributed by atoms with Gasteiger partial charge in [-0.05, 0) is 88.0 Å². The maximum atomic E-state index is 6.15. The Morgan fingerprint density at radius 3 is 2.73 bits per heavy atom. The summed E-state index contributed by atoms with van der Waals surface area (Å²) in [5, 5.41) is 1.28. The molecule has 0 amide bonds. The number of benzene rings is 1. The van der Waals surface area contributed by atoms with Gasteiger partial charge < -0.3 is 9.32 Å². The van der Waals surface area contributed by atoms with Gasteiger partial charge in [-0.2, -0.15) is 0 Å². The lowest BCUT2D eigenvalue weighted by Gasteiger charge is -2.27. The minimum atomic E-state index is 0.598. The largest absolute Gasteiger partial charge is 0.461 e. The first-order valence-electron chi connectivity index (χ1n) is 8.71. The molecule has 2 heteroatoms. The molecule has 1 fully saturated rings. The van der Waals surface area contributed by atoms with E-state index in [0.717, 1.165) is 5.58 Å². The van der Waals surface area contributed by atoms with Crippen molar-refractivity contribution in [2.45, 2.75) is 44.4 Å². The molecule has 0 spiro atoms. The number of allylic oxidation sites excluding steroid dienone is 2. The molecule has 0 bridgehead atoms. The van der Waals surface area contributed by atoms with Gasteiger partial charge in [0.15, 0.2) is 0 Å². The molecule has 2 aromatic rings. The average Bonchev–Trinajstić information content (AvgIpc) is 2.99. The van der Waals surface area contributed by atoms with Crippen LogP contribution in [0.25, 0.3) is 16.5 Å². The van der Waals surface area contributed by atoms with Crippen molar-refractivity contribution in [2.24, 2.45) is 0 Å². The van der Waals surface area contributed by atoms with Crippen LogP contribution in [-0.4, -0.2) is 25.0 Å². The van der Waals surface area contributed by atoms with Gasteiger partial charge in [-0.3, -0.25) is 0 Å². The number of likely N-dealkylation sites (tertiary alicyclic amines) is 1. The van der Waals surface area contributed by atoms with Gasteiger partial charge in [-0.15, -0.1) is 0 Å². The molecule has 116 valence electrons. The minimum absolute atomic E-state index is 0.598. The van der Waals surface area contributed by atoms with Gasteiger partial charge in [0.2, 0.25) is 0 Å². The molecule has 0 saturated carbocycles. The summed E-state index contributed by atoms with van der Waals surface area (Å²) in [4.78, 5) is 2.41. The molecule has 0 atom stereocenters. The van der Waals surface area contributed by atoms with Gasteiger partial charge in [0, 0.05) is 11.3 Å². The highest BCUT2D eigenvalue weighted by atomic mass is 16.3. The van der Waals surface area contributed by atoms with Crippen molar-refractivity contribution in [3.63, 3.8) is 0 Å². The minimum Gasteiger partial charge on any atom is -0.461 e. The number of furan rings is 1. The highest BCUT2D eigenvalue weighted by Crippen LogP contribution is 2.34. The zero-order chi connectivity index (χ0) is 14.9. The van der Waals surface area contributed by atoms with Gasteiger partial charge in [-0.1, -0.05) is 12.1 Å². The van der Waals surface area contributed by atoms with E-state index in [-0.39, 0.29) is 0 Å². The highest BCUT2D eigenvalue weighted by molar-refractivity contribution is 5.83. The summed E-state index contributed by atoms with van der Waals surface area (Å²) >= 11 is 0. The number of hydrogen-bond donors (Lipinski definition) is 0. The fraction of sp³-hybridized carbons (Fsp3) is 0.500. The van der Waals surface area contributed by atoms with Crippen molar-refractivity contribution in [1.29, 1.82) is 0 Å². The average molecular weight is 295 g/mol. The predicted octanol–water partition coefficient (Wildman–Crippen LogP) is 5.20. The van der Waals surface area contributed by atoms with E-state index in [1.807, 2.05) is 0 Å². The van der Waals surface area contributed by atoms with Gasteiger partial charge in [0.1, 0.15) is 11.3 Å². The third-order valence-electron chi connectivity index (χ3n) is 5.32. The summed E-state index contributed by atoms with van der Waals surface area (Å²) in [5.41, 5.74) is 3.97. The Morgan fingerprint density at radius 2 is 1.95 bits per heavy atom. The molecule has 1 aliphatic heterocycles. The highest BCUT2D eigenvalue weighted by Gasteiger charge is 2.21. The van der Waals surface area contributed by atoms with Crippen LogP contribution in [-0.2, 0) is 0 Å². The second kappa shape index (κ2) is 5.92. The summed E-state index contributed by atoms with van der Waals surface area (Å²) in [5.74, 6) is 1.79. The monoisotopic (exact) mass is 295 g/mol. The summed E-state index contributed by atoms with van der Waals surface area (Å²) in [6.07, 6.45) is 9.99. The molecule has 2 nitrogen and oxygen atoms in total. The van der Waals surface area contributed by atoms with E-state index in [4.69, 9.17) is 4.42 Å². The topological polar surface area (TPSA) is 16.4 Å². The fourth-order valence-corrected chi connectivity index (χ4v) is 3.86. The maximum absolute atomic E-state index is 6.15. The van der Waals surface area contributed by atoms with Crippen LogP contribution in [0.3, 0.4) is 0 Å². The van der Waals surface area contributed by atoms with Crippen LogP contribution < -0.4 is 0 Å². The van der Waals surface area contributed by atoms with Crippen LogP contribution in [0.15, 0.2) is 34.8 Å². The summed E-state index contributed by atoms with van der Waals surface area (Å²) < 4.78 is 6.15. The maximum Gasteiger partial charge on any atom is 0.134 e. The molecule has 1 saturated heterocycles. The quantitative estimate of drug-likeness (QED) is 0.757. The first-order chi connectivity index (χ1) is 10.8.